The number of aromatic nitrogens is 2. The summed E-state index contributed by atoms with van der Waals surface area (Å²) in [5.41, 5.74) is 0.973. The van der Waals surface area contributed by atoms with Crippen molar-refractivity contribution in [2.75, 3.05) is 6.26 Å². The molecule has 9 heteroatoms. The molecule has 0 saturated heterocycles. The molecule has 1 heterocycles. The molecule has 0 aliphatic rings. The number of hydrogen-bond acceptors (Lipinski definition) is 3. The Balaban J connectivity index is 2.26. The minimum atomic E-state index is -4.69. The van der Waals surface area contributed by atoms with Crippen LogP contribution < -0.4 is 0 Å². The molecular weight excluding hydrogens is 396 g/mol. The van der Waals surface area contributed by atoms with Gasteiger partial charge in [-0.05, 0) is 55.3 Å². The average Bonchev–Trinajstić information content (AvgIpc) is 2.98. The SMILES string of the molecule is Cc1cc(C)cc(-n2nc(C(F)(F)F)cc2-c2ccc(S(C)(=O)=O)c(F)c2)c1. The molecule has 0 amide bonds. The monoisotopic (exact) mass is 412 g/mol. The molecule has 2 aromatic carbocycles. The maximum absolute atomic E-state index is 14.3. The molecule has 0 bridgehead atoms. The van der Waals surface area contributed by atoms with E-state index in [-0.39, 0.29) is 11.3 Å². The van der Waals surface area contributed by atoms with Crippen molar-refractivity contribution < 1.29 is 26.0 Å². The molecule has 0 radical (unpaired) electrons. The minimum Gasteiger partial charge on any atom is -0.232 e. The Hall–Kier alpha value is -2.68. The van der Waals surface area contributed by atoms with Crippen molar-refractivity contribution in [3.63, 3.8) is 0 Å². The number of rotatable bonds is 3. The van der Waals surface area contributed by atoms with Crippen molar-refractivity contribution in [3.8, 4) is 16.9 Å². The first-order valence-electron chi connectivity index (χ1n) is 8.12. The molecule has 0 spiro atoms. The summed E-state index contributed by atoms with van der Waals surface area (Å²) in [4.78, 5) is -0.523. The van der Waals surface area contributed by atoms with Crippen molar-refractivity contribution in [2.24, 2.45) is 0 Å². The van der Waals surface area contributed by atoms with Gasteiger partial charge in [0.15, 0.2) is 15.5 Å². The summed E-state index contributed by atoms with van der Waals surface area (Å²) in [5, 5.41) is 3.66. The molecule has 0 saturated carbocycles. The molecule has 3 rings (SSSR count). The molecule has 3 aromatic rings. The van der Waals surface area contributed by atoms with Crippen LogP contribution in [0.3, 0.4) is 0 Å². The Labute approximate surface area is 159 Å². The number of sulfone groups is 1. The van der Waals surface area contributed by atoms with Crippen LogP contribution in [0.4, 0.5) is 17.6 Å². The van der Waals surface area contributed by atoms with E-state index in [1.165, 1.54) is 6.07 Å². The fraction of sp³-hybridized carbons (Fsp3) is 0.211. The predicted molar refractivity (Wildman–Crippen MR) is 96.5 cm³/mol. The first kappa shape index (κ1) is 20.1. The standard InChI is InChI=1S/C19H16F4N2O2S/c1-11-6-12(2)8-14(7-11)25-16(10-18(24-25)19(21,22)23)13-4-5-17(15(20)9-13)28(3,26)27/h4-10H,1-3H3. The van der Waals surface area contributed by atoms with Crippen LogP contribution in [0.2, 0.25) is 0 Å². The Morgan fingerprint density at radius 1 is 0.964 bits per heavy atom. The van der Waals surface area contributed by atoms with Gasteiger partial charge < -0.3 is 0 Å². The molecule has 0 aliphatic carbocycles. The van der Waals surface area contributed by atoms with Gasteiger partial charge >= 0.3 is 6.18 Å². The molecule has 0 unspecified atom stereocenters. The fourth-order valence-electron chi connectivity index (χ4n) is 2.96. The highest BCUT2D eigenvalue weighted by Crippen LogP contribution is 2.34. The van der Waals surface area contributed by atoms with Gasteiger partial charge in [-0.15, -0.1) is 0 Å². The average molecular weight is 412 g/mol. The lowest BCUT2D eigenvalue weighted by Crippen LogP contribution is -2.07. The van der Waals surface area contributed by atoms with E-state index in [1.807, 2.05) is 6.07 Å². The normalized spacial score (nSPS) is 12.4. The van der Waals surface area contributed by atoms with Gasteiger partial charge in [-0.3, -0.25) is 0 Å². The quantitative estimate of drug-likeness (QED) is 0.585. The van der Waals surface area contributed by atoms with Crippen LogP contribution in [0.25, 0.3) is 16.9 Å². The van der Waals surface area contributed by atoms with Crippen molar-refractivity contribution in [3.05, 3.63) is 65.1 Å². The highest BCUT2D eigenvalue weighted by atomic mass is 32.2. The molecular formula is C19H16F4N2O2S. The van der Waals surface area contributed by atoms with Crippen molar-refractivity contribution in [1.29, 1.82) is 0 Å². The zero-order valence-electron chi connectivity index (χ0n) is 15.2. The van der Waals surface area contributed by atoms with Gasteiger partial charge in [0.1, 0.15) is 10.7 Å². The van der Waals surface area contributed by atoms with E-state index >= 15 is 0 Å². The Bertz CT molecular complexity index is 1140. The summed E-state index contributed by atoms with van der Waals surface area (Å²) in [7, 11) is -3.80. The second kappa shape index (κ2) is 6.73. The fourth-order valence-corrected chi connectivity index (χ4v) is 3.68. The zero-order chi connectivity index (χ0) is 20.9. The Morgan fingerprint density at radius 3 is 2.07 bits per heavy atom. The number of aryl methyl sites for hydroxylation is 2. The predicted octanol–water partition coefficient (Wildman–Crippen LogP) is 4.72. The van der Waals surface area contributed by atoms with Crippen LogP contribution >= 0.6 is 0 Å². The number of halogens is 4. The smallest absolute Gasteiger partial charge is 0.232 e. The van der Waals surface area contributed by atoms with Gasteiger partial charge in [0.2, 0.25) is 0 Å². The molecule has 28 heavy (non-hydrogen) atoms. The molecule has 148 valence electrons. The lowest BCUT2D eigenvalue weighted by atomic mass is 10.1. The van der Waals surface area contributed by atoms with Gasteiger partial charge in [0.05, 0.1) is 11.4 Å². The number of benzene rings is 2. The van der Waals surface area contributed by atoms with E-state index in [2.05, 4.69) is 5.10 Å². The van der Waals surface area contributed by atoms with Gasteiger partial charge in [-0.1, -0.05) is 12.1 Å². The third-order valence-corrected chi connectivity index (χ3v) is 5.21. The first-order valence-corrected chi connectivity index (χ1v) is 10.0. The molecule has 0 aliphatic heterocycles. The van der Waals surface area contributed by atoms with E-state index in [4.69, 9.17) is 0 Å². The van der Waals surface area contributed by atoms with E-state index in [1.54, 1.807) is 26.0 Å². The Kier molecular flexibility index (Phi) is 4.82. The summed E-state index contributed by atoms with van der Waals surface area (Å²) in [6.45, 7) is 3.59. The van der Waals surface area contributed by atoms with Crippen LogP contribution in [0, 0.1) is 19.7 Å². The minimum absolute atomic E-state index is 0.00345. The van der Waals surface area contributed by atoms with E-state index < -0.39 is 32.4 Å². The van der Waals surface area contributed by atoms with Crippen LogP contribution in [-0.4, -0.2) is 24.5 Å². The number of nitrogens with zero attached hydrogens (tertiary/aromatic N) is 2. The van der Waals surface area contributed by atoms with E-state index in [0.717, 1.165) is 40.3 Å². The summed E-state index contributed by atoms with van der Waals surface area (Å²) in [5.74, 6) is -1.04. The largest absolute Gasteiger partial charge is 0.435 e. The topological polar surface area (TPSA) is 52.0 Å². The summed E-state index contributed by atoms with van der Waals surface area (Å²) in [6, 6.07) is 9.18. The van der Waals surface area contributed by atoms with E-state index in [9.17, 15) is 26.0 Å². The lowest BCUT2D eigenvalue weighted by molar-refractivity contribution is -0.141. The van der Waals surface area contributed by atoms with Crippen LogP contribution in [0.1, 0.15) is 16.8 Å². The van der Waals surface area contributed by atoms with Gasteiger partial charge in [-0.25, -0.2) is 17.5 Å². The van der Waals surface area contributed by atoms with Crippen LogP contribution in [0.15, 0.2) is 47.4 Å². The lowest BCUT2D eigenvalue weighted by Gasteiger charge is -2.11. The molecule has 4 nitrogen and oxygen atoms in total. The molecule has 0 fully saturated rings. The molecule has 1 aromatic heterocycles. The third kappa shape index (κ3) is 3.94. The first-order chi connectivity index (χ1) is 12.9. The second-order valence-corrected chi connectivity index (χ2v) is 8.57. The van der Waals surface area contributed by atoms with Crippen LogP contribution in [0.5, 0.6) is 0 Å². The van der Waals surface area contributed by atoms with Gasteiger partial charge in [0.25, 0.3) is 0 Å². The maximum Gasteiger partial charge on any atom is 0.435 e. The van der Waals surface area contributed by atoms with Crippen LogP contribution in [-0.2, 0) is 16.0 Å². The maximum atomic E-state index is 14.3. The van der Waals surface area contributed by atoms with Crippen molar-refractivity contribution in [1.82, 2.24) is 9.78 Å². The number of hydrogen-bond donors (Lipinski definition) is 0. The van der Waals surface area contributed by atoms with Crippen molar-refractivity contribution >= 4 is 9.84 Å². The second-order valence-electron chi connectivity index (χ2n) is 6.59. The summed E-state index contributed by atoms with van der Waals surface area (Å²) in [6.07, 6.45) is -3.84. The highest BCUT2D eigenvalue weighted by Gasteiger charge is 2.35. The third-order valence-electron chi connectivity index (χ3n) is 4.08. The summed E-state index contributed by atoms with van der Waals surface area (Å²) < 4.78 is 78.3. The molecule has 0 N–H and O–H groups in total. The molecule has 0 atom stereocenters. The van der Waals surface area contributed by atoms with E-state index in [0.29, 0.717) is 5.69 Å². The highest BCUT2D eigenvalue weighted by molar-refractivity contribution is 7.90. The Morgan fingerprint density at radius 2 is 1.57 bits per heavy atom. The van der Waals surface area contributed by atoms with Gasteiger partial charge in [-0.2, -0.15) is 18.3 Å². The van der Waals surface area contributed by atoms with Crippen molar-refractivity contribution in [2.45, 2.75) is 24.9 Å². The summed E-state index contributed by atoms with van der Waals surface area (Å²) >= 11 is 0. The number of alkyl halides is 3. The van der Waals surface area contributed by atoms with Gasteiger partial charge in [0, 0.05) is 11.8 Å². The zero-order valence-corrected chi connectivity index (χ0v) is 16.0.